The number of carbonyl (C=O) groups is 1. The molecule has 0 aliphatic heterocycles. The summed E-state index contributed by atoms with van der Waals surface area (Å²) < 4.78 is 32.5. The summed E-state index contributed by atoms with van der Waals surface area (Å²) in [7, 11) is 0. The molecular weight excluding hydrogens is 350 g/mol. The Hall–Kier alpha value is -2.00. The maximum Gasteiger partial charge on any atom is 0.276 e. The maximum atomic E-state index is 13.5. The molecule has 1 aromatic heterocycles. The lowest BCUT2D eigenvalue weighted by molar-refractivity contribution is 0.0938. The second-order valence-electron chi connectivity index (χ2n) is 5.12. The second-order valence-corrected chi connectivity index (χ2v) is 6.16. The van der Waals surface area contributed by atoms with Crippen molar-refractivity contribution in [3.05, 3.63) is 41.3 Å². The van der Waals surface area contributed by atoms with E-state index in [1.54, 1.807) is 0 Å². The zero-order valence-electron chi connectivity index (χ0n) is 14.1. The molecule has 0 saturated carbocycles. The number of carbonyl (C=O) groups excluding carboxylic acids is 1. The fraction of sp³-hybridized carbons (Fsp3) is 0.438. The molecule has 0 spiro atoms. The van der Waals surface area contributed by atoms with E-state index >= 15 is 0 Å². The van der Waals surface area contributed by atoms with Gasteiger partial charge in [0.2, 0.25) is 5.89 Å². The van der Waals surface area contributed by atoms with Gasteiger partial charge in [0.05, 0.1) is 6.54 Å². The molecular formula is C16H20F2N4O2S. The molecule has 0 fully saturated rings. The third-order valence-corrected chi connectivity index (χ3v) is 4.36. The van der Waals surface area contributed by atoms with Crippen LogP contribution < -0.4 is 5.32 Å². The van der Waals surface area contributed by atoms with E-state index in [0.29, 0.717) is 5.22 Å². The Bertz CT molecular complexity index is 687. The minimum atomic E-state index is -0.921. The summed E-state index contributed by atoms with van der Waals surface area (Å²) in [6.07, 6.45) is 0. The predicted molar refractivity (Wildman–Crippen MR) is 90.3 cm³/mol. The van der Waals surface area contributed by atoms with Crippen molar-refractivity contribution in [2.75, 3.05) is 25.4 Å². The Morgan fingerprint density at radius 1 is 1.24 bits per heavy atom. The molecule has 0 radical (unpaired) electrons. The van der Waals surface area contributed by atoms with Crippen LogP contribution in [-0.4, -0.2) is 46.4 Å². The summed E-state index contributed by atoms with van der Waals surface area (Å²) >= 11 is 1.42. The minimum absolute atomic E-state index is 0.101. The summed E-state index contributed by atoms with van der Waals surface area (Å²) in [6.45, 7) is 6.95. The molecule has 1 amide bonds. The molecule has 0 aliphatic carbocycles. The van der Waals surface area contributed by atoms with Gasteiger partial charge in [-0.3, -0.25) is 4.79 Å². The van der Waals surface area contributed by atoms with Crippen LogP contribution in [0.25, 0.3) is 0 Å². The molecule has 6 nitrogen and oxygen atoms in total. The molecule has 0 bridgehead atoms. The number of halogens is 2. The van der Waals surface area contributed by atoms with E-state index in [1.165, 1.54) is 17.8 Å². The number of hydrogen-bond donors (Lipinski definition) is 1. The number of thioether (sulfide) groups is 1. The summed E-state index contributed by atoms with van der Waals surface area (Å²) in [5.74, 6) is -1.73. The molecule has 136 valence electrons. The molecule has 0 unspecified atom stereocenters. The van der Waals surface area contributed by atoms with E-state index in [4.69, 9.17) is 4.42 Å². The Labute approximate surface area is 149 Å². The molecule has 1 aromatic carbocycles. The SMILES string of the molecule is CCN(CC)CCSc1nnc(CNC(=O)c2c(F)cccc2F)o1. The van der Waals surface area contributed by atoms with Crippen molar-refractivity contribution in [1.29, 1.82) is 0 Å². The molecule has 0 atom stereocenters. The minimum Gasteiger partial charge on any atom is -0.414 e. The van der Waals surface area contributed by atoms with Gasteiger partial charge in [-0.15, -0.1) is 10.2 Å². The van der Waals surface area contributed by atoms with E-state index in [0.717, 1.165) is 37.5 Å². The standard InChI is InChI=1S/C16H20F2N4O2S/c1-3-22(4-2)8-9-25-16-21-20-13(24-16)10-19-15(23)14-11(17)6-5-7-12(14)18/h5-7H,3-4,8-10H2,1-2H3,(H,19,23). The summed E-state index contributed by atoms with van der Waals surface area (Å²) in [5, 5.41) is 10.5. The Morgan fingerprint density at radius 3 is 2.56 bits per heavy atom. The van der Waals surface area contributed by atoms with Crippen molar-refractivity contribution in [3.63, 3.8) is 0 Å². The number of nitrogens with one attached hydrogen (secondary N) is 1. The Kier molecular flexibility index (Phi) is 7.32. The van der Waals surface area contributed by atoms with E-state index in [-0.39, 0.29) is 12.4 Å². The van der Waals surface area contributed by atoms with E-state index in [2.05, 4.69) is 34.3 Å². The monoisotopic (exact) mass is 370 g/mol. The second kappa shape index (κ2) is 9.47. The van der Waals surface area contributed by atoms with E-state index < -0.39 is 23.1 Å². The molecule has 9 heteroatoms. The fourth-order valence-corrected chi connectivity index (χ4v) is 2.91. The van der Waals surface area contributed by atoms with Gasteiger partial charge in [0, 0.05) is 12.3 Å². The van der Waals surface area contributed by atoms with E-state index in [9.17, 15) is 13.6 Å². The van der Waals surface area contributed by atoms with Crippen molar-refractivity contribution in [3.8, 4) is 0 Å². The first-order chi connectivity index (χ1) is 12.0. The summed E-state index contributed by atoms with van der Waals surface area (Å²) in [6, 6.07) is 3.24. The van der Waals surface area contributed by atoms with Crippen LogP contribution in [-0.2, 0) is 6.54 Å². The predicted octanol–water partition coefficient (Wildman–Crippen LogP) is 2.71. The van der Waals surface area contributed by atoms with Crippen LogP contribution in [0.15, 0.2) is 27.8 Å². The van der Waals surface area contributed by atoms with Crippen LogP contribution in [0.1, 0.15) is 30.1 Å². The Morgan fingerprint density at radius 2 is 1.92 bits per heavy atom. The highest BCUT2D eigenvalue weighted by Gasteiger charge is 2.17. The molecule has 0 aliphatic rings. The average molecular weight is 370 g/mol. The van der Waals surface area contributed by atoms with Gasteiger partial charge in [0.15, 0.2) is 0 Å². The van der Waals surface area contributed by atoms with Crippen LogP contribution in [0.5, 0.6) is 0 Å². The molecule has 2 rings (SSSR count). The highest BCUT2D eigenvalue weighted by atomic mass is 32.2. The molecule has 1 heterocycles. The van der Waals surface area contributed by atoms with Crippen molar-refractivity contribution >= 4 is 17.7 Å². The molecule has 0 saturated heterocycles. The largest absolute Gasteiger partial charge is 0.414 e. The smallest absolute Gasteiger partial charge is 0.276 e. The summed E-state index contributed by atoms with van der Waals surface area (Å²) in [4.78, 5) is 14.2. The first-order valence-electron chi connectivity index (χ1n) is 7.94. The maximum absolute atomic E-state index is 13.5. The quantitative estimate of drug-likeness (QED) is 0.685. The molecule has 1 N–H and O–H groups in total. The number of nitrogens with zero attached hydrogens (tertiary/aromatic N) is 3. The van der Waals surface area contributed by atoms with Gasteiger partial charge in [-0.2, -0.15) is 0 Å². The van der Waals surface area contributed by atoms with Crippen molar-refractivity contribution < 1.29 is 18.0 Å². The van der Waals surface area contributed by atoms with Crippen LogP contribution in [0.3, 0.4) is 0 Å². The number of rotatable bonds is 9. The first kappa shape index (κ1) is 19.3. The molecule has 2 aromatic rings. The fourth-order valence-electron chi connectivity index (χ4n) is 2.13. The summed E-state index contributed by atoms with van der Waals surface area (Å²) in [5.41, 5.74) is -0.629. The number of amides is 1. The average Bonchev–Trinajstić information content (AvgIpc) is 3.04. The highest BCUT2D eigenvalue weighted by molar-refractivity contribution is 7.99. The first-order valence-corrected chi connectivity index (χ1v) is 8.93. The van der Waals surface area contributed by atoms with Gasteiger partial charge in [0.25, 0.3) is 11.1 Å². The van der Waals surface area contributed by atoms with Crippen LogP contribution in [0.4, 0.5) is 8.78 Å². The lowest BCUT2D eigenvalue weighted by Gasteiger charge is -2.16. The zero-order chi connectivity index (χ0) is 18.2. The Balaban J connectivity index is 1.84. The van der Waals surface area contributed by atoms with Crippen LogP contribution in [0, 0.1) is 11.6 Å². The van der Waals surface area contributed by atoms with E-state index in [1.807, 2.05) is 0 Å². The number of aromatic nitrogens is 2. The van der Waals surface area contributed by atoms with Gasteiger partial charge in [-0.25, -0.2) is 8.78 Å². The highest BCUT2D eigenvalue weighted by Crippen LogP contribution is 2.16. The van der Waals surface area contributed by atoms with Crippen molar-refractivity contribution in [2.45, 2.75) is 25.6 Å². The number of hydrogen-bond acceptors (Lipinski definition) is 6. The zero-order valence-corrected chi connectivity index (χ0v) is 14.9. The lowest BCUT2D eigenvalue weighted by Crippen LogP contribution is -2.25. The van der Waals surface area contributed by atoms with Crippen molar-refractivity contribution in [2.24, 2.45) is 0 Å². The topological polar surface area (TPSA) is 71.3 Å². The third kappa shape index (κ3) is 5.50. The van der Waals surface area contributed by atoms with Gasteiger partial charge in [0.1, 0.15) is 17.2 Å². The van der Waals surface area contributed by atoms with Crippen LogP contribution in [0.2, 0.25) is 0 Å². The third-order valence-electron chi connectivity index (χ3n) is 3.57. The van der Waals surface area contributed by atoms with Gasteiger partial charge in [-0.05, 0) is 25.2 Å². The number of benzene rings is 1. The molecule has 25 heavy (non-hydrogen) atoms. The normalized spacial score (nSPS) is 11.1. The van der Waals surface area contributed by atoms with Gasteiger partial charge in [-0.1, -0.05) is 31.7 Å². The van der Waals surface area contributed by atoms with Gasteiger partial charge >= 0.3 is 0 Å². The van der Waals surface area contributed by atoms with Crippen LogP contribution >= 0.6 is 11.8 Å². The van der Waals surface area contributed by atoms with Gasteiger partial charge < -0.3 is 14.6 Å². The van der Waals surface area contributed by atoms with Crippen molar-refractivity contribution in [1.82, 2.24) is 20.4 Å². The lowest BCUT2D eigenvalue weighted by atomic mass is 10.2.